The van der Waals surface area contributed by atoms with Gasteiger partial charge in [-0.25, -0.2) is 4.79 Å². The summed E-state index contributed by atoms with van der Waals surface area (Å²) in [4.78, 5) is 11.5. The maximum atomic E-state index is 12.2. The number of carbonyl (C=O) groups is 1. The Labute approximate surface area is 114 Å². The molecule has 1 fully saturated rings. The molecule has 1 aliphatic rings. The van der Waals surface area contributed by atoms with E-state index in [1.54, 1.807) is 6.07 Å². The van der Waals surface area contributed by atoms with E-state index in [2.05, 4.69) is 15.4 Å². The Balaban J connectivity index is 1.86. The minimum Gasteiger partial charge on any atom is -0.405 e. The maximum Gasteiger partial charge on any atom is 0.573 e. The number of ether oxygens (including phenoxy) is 1. The number of para-hydroxylation sites is 1. The Hall–Kier alpha value is -1.92. The molecule has 0 spiro atoms. The summed E-state index contributed by atoms with van der Waals surface area (Å²) in [7, 11) is 0. The zero-order valence-corrected chi connectivity index (χ0v) is 10.7. The Kier molecular flexibility index (Phi) is 4.36. The number of alkyl halides is 3. The number of halogens is 3. The Morgan fingerprint density at radius 1 is 1.25 bits per heavy atom. The van der Waals surface area contributed by atoms with E-state index in [1.807, 2.05) is 0 Å². The molecule has 2 N–H and O–H groups in total. The van der Waals surface area contributed by atoms with Crippen LogP contribution < -0.4 is 15.4 Å². The highest BCUT2D eigenvalue weighted by Gasteiger charge is 2.32. The van der Waals surface area contributed by atoms with Gasteiger partial charge in [-0.15, -0.1) is 13.2 Å². The fourth-order valence-corrected chi connectivity index (χ4v) is 1.67. The van der Waals surface area contributed by atoms with Crippen molar-refractivity contribution in [3.05, 3.63) is 29.8 Å². The van der Waals surface area contributed by atoms with Crippen LogP contribution >= 0.6 is 0 Å². The highest BCUT2D eigenvalue weighted by atomic mass is 19.4. The molecule has 4 nitrogen and oxygen atoms in total. The van der Waals surface area contributed by atoms with Crippen LogP contribution in [0.3, 0.4) is 0 Å². The lowest BCUT2D eigenvalue weighted by atomic mass is 10.2. The summed E-state index contributed by atoms with van der Waals surface area (Å²) in [6, 6.07) is 5.33. The van der Waals surface area contributed by atoms with E-state index in [1.165, 1.54) is 18.2 Å². The van der Waals surface area contributed by atoms with Crippen LogP contribution in [0.4, 0.5) is 18.0 Å². The molecule has 1 saturated carbocycles. The number of carbonyl (C=O) groups excluding carboxylic acids is 1. The van der Waals surface area contributed by atoms with Gasteiger partial charge in [0.2, 0.25) is 0 Å². The smallest absolute Gasteiger partial charge is 0.405 e. The highest BCUT2D eigenvalue weighted by molar-refractivity contribution is 5.73. The molecule has 0 bridgehead atoms. The Morgan fingerprint density at radius 3 is 2.60 bits per heavy atom. The monoisotopic (exact) mass is 288 g/mol. The van der Waals surface area contributed by atoms with E-state index in [4.69, 9.17) is 0 Å². The quantitative estimate of drug-likeness (QED) is 0.875. The van der Waals surface area contributed by atoms with Gasteiger partial charge in [-0.3, -0.25) is 0 Å². The molecule has 110 valence electrons. The van der Waals surface area contributed by atoms with Crippen LogP contribution in [0.15, 0.2) is 24.3 Å². The molecule has 1 aliphatic carbocycles. The number of urea groups is 1. The van der Waals surface area contributed by atoms with Crippen molar-refractivity contribution in [1.29, 1.82) is 0 Å². The van der Waals surface area contributed by atoms with E-state index in [0.717, 1.165) is 12.8 Å². The van der Waals surface area contributed by atoms with Gasteiger partial charge in [0.15, 0.2) is 0 Å². The van der Waals surface area contributed by atoms with Crippen molar-refractivity contribution in [3.63, 3.8) is 0 Å². The summed E-state index contributed by atoms with van der Waals surface area (Å²) in [5, 5.41) is 5.18. The van der Waals surface area contributed by atoms with E-state index in [0.29, 0.717) is 12.5 Å². The van der Waals surface area contributed by atoms with Crippen LogP contribution in [0, 0.1) is 5.92 Å². The molecule has 0 unspecified atom stereocenters. The first-order chi connectivity index (χ1) is 9.44. The first-order valence-electron chi connectivity index (χ1n) is 6.29. The van der Waals surface area contributed by atoms with E-state index < -0.39 is 12.4 Å². The van der Waals surface area contributed by atoms with Gasteiger partial charge in [-0.1, -0.05) is 18.2 Å². The molecule has 2 amide bonds. The third-order valence-corrected chi connectivity index (χ3v) is 2.89. The normalized spacial score (nSPS) is 14.8. The van der Waals surface area contributed by atoms with E-state index >= 15 is 0 Å². The van der Waals surface area contributed by atoms with Crippen LogP contribution in [-0.2, 0) is 6.54 Å². The predicted molar refractivity (Wildman–Crippen MR) is 66.1 cm³/mol. The van der Waals surface area contributed by atoms with Gasteiger partial charge in [-0.2, -0.15) is 0 Å². The molecule has 20 heavy (non-hydrogen) atoms. The molecule has 7 heteroatoms. The van der Waals surface area contributed by atoms with Gasteiger partial charge in [0, 0.05) is 18.7 Å². The van der Waals surface area contributed by atoms with Gasteiger partial charge in [0.25, 0.3) is 0 Å². The van der Waals surface area contributed by atoms with Gasteiger partial charge in [0.1, 0.15) is 5.75 Å². The standard InChI is InChI=1S/C13H15F3N2O2/c14-13(15,16)20-11-4-2-1-3-10(11)8-18-12(19)17-7-9-5-6-9/h1-4,9H,5-8H2,(H2,17,18,19). The zero-order chi connectivity index (χ0) is 14.6. The lowest BCUT2D eigenvalue weighted by Gasteiger charge is -2.13. The van der Waals surface area contributed by atoms with Crippen LogP contribution in [0.2, 0.25) is 0 Å². The average Bonchev–Trinajstić information content (AvgIpc) is 3.17. The first kappa shape index (κ1) is 14.5. The summed E-state index contributed by atoms with van der Waals surface area (Å²) in [5.74, 6) is 0.240. The topological polar surface area (TPSA) is 50.4 Å². The number of rotatable bonds is 5. The van der Waals surface area contributed by atoms with Crippen molar-refractivity contribution in [1.82, 2.24) is 10.6 Å². The van der Waals surface area contributed by atoms with Crippen molar-refractivity contribution in [2.75, 3.05) is 6.54 Å². The molecule has 0 radical (unpaired) electrons. The molecule has 0 heterocycles. The molecule has 0 saturated heterocycles. The predicted octanol–water partition coefficient (Wildman–Crippen LogP) is 2.79. The van der Waals surface area contributed by atoms with Crippen molar-refractivity contribution < 1.29 is 22.7 Å². The molecule has 0 aliphatic heterocycles. The third-order valence-electron chi connectivity index (χ3n) is 2.89. The van der Waals surface area contributed by atoms with Crippen LogP contribution in [0.25, 0.3) is 0 Å². The second-order valence-electron chi connectivity index (χ2n) is 4.66. The molecular formula is C13H15F3N2O2. The van der Waals surface area contributed by atoms with Gasteiger partial charge >= 0.3 is 12.4 Å². The van der Waals surface area contributed by atoms with E-state index in [-0.39, 0.29) is 17.9 Å². The Morgan fingerprint density at radius 2 is 1.95 bits per heavy atom. The molecule has 0 atom stereocenters. The van der Waals surface area contributed by atoms with Crippen molar-refractivity contribution >= 4 is 6.03 Å². The summed E-state index contributed by atoms with van der Waals surface area (Å²) in [5.41, 5.74) is 0.270. The molecular weight excluding hydrogens is 273 g/mol. The summed E-state index contributed by atoms with van der Waals surface area (Å²) in [6.45, 7) is 0.579. The first-order valence-corrected chi connectivity index (χ1v) is 6.29. The number of amides is 2. The van der Waals surface area contributed by atoms with Crippen molar-refractivity contribution in [2.24, 2.45) is 5.92 Å². The fourth-order valence-electron chi connectivity index (χ4n) is 1.67. The average molecular weight is 288 g/mol. The Bertz CT molecular complexity index is 473. The number of hydrogen-bond acceptors (Lipinski definition) is 2. The second kappa shape index (κ2) is 6.02. The fraction of sp³-hybridized carbons (Fsp3) is 0.462. The summed E-state index contributed by atoms with van der Waals surface area (Å²) in [6.07, 6.45) is -2.52. The maximum absolute atomic E-state index is 12.2. The second-order valence-corrected chi connectivity index (χ2v) is 4.66. The number of hydrogen-bond donors (Lipinski definition) is 2. The van der Waals surface area contributed by atoms with Gasteiger partial charge in [0.05, 0.1) is 0 Å². The largest absolute Gasteiger partial charge is 0.573 e. The zero-order valence-electron chi connectivity index (χ0n) is 10.7. The lowest BCUT2D eigenvalue weighted by molar-refractivity contribution is -0.274. The summed E-state index contributed by atoms with van der Waals surface area (Å²) < 4.78 is 40.5. The lowest BCUT2D eigenvalue weighted by Crippen LogP contribution is -2.36. The van der Waals surface area contributed by atoms with Crippen molar-refractivity contribution in [3.8, 4) is 5.75 Å². The molecule has 1 aromatic rings. The van der Waals surface area contributed by atoms with Gasteiger partial charge in [-0.05, 0) is 24.8 Å². The minimum atomic E-state index is -4.75. The third kappa shape index (κ3) is 4.99. The number of nitrogens with one attached hydrogen (secondary N) is 2. The summed E-state index contributed by atoms with van der Waals surface area (Å²) >= 11 is 0. The molecule has 2 rings (SSSR count). The highest BCUT2D eigenvalue weighted by Crippen LogP contribution is 2.27. The van der Waals surface area contributed by atoms with Gasteiger partial charge < -0.3 is 15.4 Å². The number of benzene rings is 1. The van der Waals surface area contributed by atoms with Crippen molar-refractivity contribution in [2.45, 2.75) is 25.7 Å². The minimum absolute atomic E-state index is 0.0250. The molecule has 0 aromatic heterocycles. The van der Waals surface area contributed by atoms with E-state index in [9.17, 15) is 18.0 Å². The SMILES string of the molecule is O=C(NCc1ccccc1OC(F)(F)F)NCC1CC1. The van der Waals surface area contributed by atoms with Crippen LogP contribution in [0.1, 0.15) is 18.4 Å². The van der Waals surface area contributed by atoms with Crippen LogP contribution in [-0.4, -0.2) is 18.9 Å². The van der Waals surface area contributed by atoms with Crippen LogP contribution in [0.5, 0.6) is 5.75 Å². The molecule has 1 aromatic carbocycles.